The molecule has 11 nitrogen and oxygen atoms in total. The number of rotatable bonds is 13. The Bertz CT molecular complexity index is 1040. The summed E-state index contributed by atoms with van der Waals surface area (Å²) in [5.74, 6) is -0.746. The number of benzene rings is 1. The highest BCUT2D eigenvalue weighted by molar-refractivity contribution is 5.91. The maximum Gasteiger partial charge on any atom is 0.407 e. The van der Waals surface area contributed by atoms with E-state index in [1.807, 2.05) is 0 Å². The zero-order valence-corrected chi connectivity index (χ0v) is 23.4. The molecule has 0 aromatic heterocycles. The van der Waals surface area contributed by atoms with Crippen LogP contribution in [0, 0.1) is 5.82 Å². The summed E-state index contributed by atoms with van der Waals surface area (Å²) in [6.07, 6.45) is 4.91. The Balaban J connectivity index is 1.74. The van der Waals surface area contributed by atoms with Gasteiger partial charge in [0.1, 0.15) is 24.6 Å². The third kappa shape index (κ3) is 8.17. The van der Waals surface area contributed by atoms with Gasteiger partial charge >= 0.3 is 12.1 Å². The van der Waals surface area contributed by atoms with E-state index in [9.17, 15) is 23.6 Å². The zero-order chi connectivity index (χ0) is 29.1. The fourth-order valence-corrected chi connectivity index (χ4v) is 5.05. The molecule has 0 bridgehead atoms. The van der Waals surface area contributed by atoms with Crippen LogP contribution >= 0.6 is 0 Å². The molecule has 220 valence electrons. The van der Waals surface area contributed by atoms with Crippen LogP contribution < -0.4 is 10.6 Å². The number of carbonyl (C=O) groups excluding carboxylic acids is 4. The van der Waals surface area contributed by atoms with Crippen LogP contribution in [0.4, 0.5) is 14.0 Å². The second-order valence-corrected chi connectivity index (χ2v) is 10.0. The molecular formula is C28H41FN6O5. The van der Waals surface area contributed by atoms with Gasteiger partial charge in [-0.05, 0) is 37.0 Å². The minimum absolute atomic E-state index is 0.0626. The standard InChI is InChI=1S/C28H41FN6O5/c1-4-6-7-8-16-33-19-24-34(23(26(33)37)10-9-15-30-28(39)40-17-5-2)25(36)20-32(3)35(24)27(38)31-18-21-11-13-22(29)14-12-21/h5,11-14,23-24H,2,4,6-10,15-20H2,1,3H3,(H,30,39)(H,31,38)/t23-,24-/m0/s1. The normalized spacial score (nSPS) is 19.3. The van der Waals surface area contributed by atoms with Crippen LogP contribution in [-0.4, -0.2) is 95.8 Å². The van der Waals surface area contributed by atoms with Gasteiger partial charge in [-0.25, -0.2) is 24.0 Å². The first-order valence-electron chi connectivity index (χ1n) is 13.9. The van der Waals surface area contributed by atoms with Gasteiger partial charge in [-0.1, -0.05) is 51.0 Å². The van der Waals surface area contributed by atoms with Crippen molar-refractivity contribution in [1.29, 1.82) is 0 Å². The first kappa shape index (κ1) is 30.9. The monoisotopic (exact) mass is 560 g/mol. The number of hydrogen-bond donors (Lipinski definition) is 2. The van der Waals surface area contributed by atoms with Gasteiger partial charge in [-0.15, -0.1) is 0 Å². The Morgan fingerprint density at radius 3 is 2.58 bits per heavy atom. The summed E-state index contributed by atoms with van der Waals surface area (Å²) in [4.78, 5) is 55.3. The number of halogens is 1. The van der Waals surface area contributed by atoms with Crippen molar-refractivity contribution in [2.75, 3.05) is 39.8 Å². The average Bonchev–Trinajstić information content (AvgIpc) is 2.93. The number of alkyl carbamates (subject to hydrolysis) is 1. The third-order valence-corrected chi connectivity index (χ3v) is 7.04. The number of hydrogen-bond acceptors (Lipinski definition) is 6. The number of hydrazine groups is 1. The summed E-state index contributed by atoms with van der Waals surface area (Å²) in [5, 5.41) is 8.57. The second-order valence-electron chi connectivity index (χ2n) is 10.0. The molecule has 0 unspecified atom stereocenters. The van der Waals surface area contributed by atoms with Crippen molar-refractivity contribution in [3.63, 3.8) is 0 Å². The zero-order valence-electron chi connectivity index (χ0n) is 23.4. The molecule has 1 aromatic rings. The SMILES string of the molecule is C=CCOC(=O)NCCC[C@H]1C(=O)N(CCCCCC)C[C@H]2N1C(=O)CN(C)N2C(=O)NCc1ccc(F)cc1. The van der Waals surface area contributed by atoms with Gasteiger partial charge in [-0.2, -0.15) is 0 Å². The minimum atomic E-state index is -0.760. The summed E-state index contributed by atoms with van der Waals surface area (Å²) in [7, 11) is 1.67. The van der Waals surface area contributed by atoms with Gasteiger partial charge in [0.05, 0.1) is 13.1 Å². The summed E-state index contributed by atoms with van der Waals surface area (Å²) in [6.45, 7) is 6.84. The molecule has 12 heteroatoms. The van der Waals surface area contributed by atoms with E-state index < -0.39 is 24.3 Å². The molecule has 5 amide bonds. The maximum atomic E-state index is 13.6. The lowest BCUT2D eigenvalue weighted by molar-refractivity contribution is -0.187. The highest BCUT2D eigenvalue weighted by atomic mass is 19.1. The molecule has 2 aliphatic heterocycles. The van der Waals surface area contributed by atoms with E-state index in [2.05, 4.69) is 24.1 Å². The Hall–Kier alpha value is -3.67. The van der Waals surface area contributed by atoms with E-state index in [0.29, 0.717) is 19.4 Å². The Labute approximate surface area is 235 Å². The topological polar surface area (TPSA) is 115 Å². The van der Waals surface area contributed by atoms with Crippen LogP contribution in [0.3, 0.4) is 0 Å². The fraction of sp³-hybridized carbons (Fsp3) is 0.571. The summed E-state index contributed by atoms with van der Waals surface area (Å²) in [5.41, 5.74) is 0.732. The summed E-state index contributed by atoms with van der Waals surface area (Å²) >= 11 is 0. The molecule has 0 saturated carbocycles. The number of fused-ring (bicyclic) bond motifs is 1. The number of carbonyl (C=O) groups is 4. The van der Waals surface area contributed by atoms with Gasteiger partial charge in [0, 0.05) is 26.7 Å². The first-order valence-corrected chi connectivity index (χ1v) is 13.9. The van der Waals surface area contributed by atoms with Crippen LogP contribution in [0.2, 0.25) is 0 Å². The van der Waals surface area contributed by atoms with Crippen molar-refractivity contribution < 1.29 is 28.3 Å². The van der Waals surface area contributed by atoms with Crippen LogP contribution in [0.5, 0.6) is 0 Å². The second kappa shape index (κ2) is 15.2. The number of amides is 5. The van der Waals surface area contributed by atoms with Crippen molar-refractivity contribution >= 4 is 23.9 Å². The van der Waals surface area contributed by atoms with E-state index >= 15 is 0 Å². The Morgan fingerprint density at radius 1 is 1.12 bits per heavy atom. The van der Waals surface area contributed by atoms with E-state index in [1.165, 1.54) is 28.1 Å². The lowest BCUT2D eigenvalue weighted by Crippen LogP contribution is -2.76. The molecule has 3 rings (SSSR count). The summed E-state index contributed by atoms with van der Waals surface area (Å²) < 4.78 is 18.2. The van der Waals surface area contributed by atoms with Crippen molar-refractivity contribution in [3.8, 4) is 0 Å². The van der Waals surface area contributed by atoms with Gasteiger partial charge in [0.25, 0.3) is 0 Å². The summed E-state index contributed by atoms with van der Waals surface area (Å²) in [6, 6.07) is 4.68. The quantitative estimate of drug-likeness (QED) is 0.283. The van der Waals surface area contributed by atoms with Crippen LogP contribution in [0.1, 0.15) is 51.0 Å². The molecule has 2 atom stereocenters. The third-order valence-electron chi connectivity index (χ3n) is 7.04. The predicted octanol–water partition coefficient (Wildman–Crippen LogP) is 2.84. The predicted molar refractivity (Wildman–Crippen MR) is 147 cm³/mol. The molecular weight excluding hydrogens is 519 g/mol. The van der Waals surface area contributed by atoms with E-state index in [1.54, 1.807) is 29.1 Å². The molecule has 2 N–H and O–H groups in total. The average molecular weight is 561 g/mol. The van der Waals surface area contributed by atoms with Crippen LogP contribution in [-0.2, 0) is 20.9 Å². The lowest BCUT2D eigenvalue weighted by Gasteiger charge is -2.54. The molecule has 40 heavy (non-hydrogen) atoms. The molecule has 0 radical (unpaired) electrons. The van der Waals surface area contributed by atoms with Crippen molar-refractivity contribution in [1.82, 2.24) is 30.5 Å². The molecule has 2 heterocycles. The molecule has 2 saturated heterocycles. The van der Waals surface area contributed by atoms with Gasteiger partial charge < -0.3 is 25.2 Å². The number of nitrogens with zero attached hydrogens (tertiary/aromatic N) is 4. The number of nitrogens with one attached hydrogen (secondary N) is 2. The first-order chi connectivity index (χ1) is 19.3. The van der Waals surface area contributed by atoms with E-state index in [-0.39, 0.29) is 50.4 Å². The highest BCUT2D eigenvalue weighted by Crippen LogP contribution is 2.28. The van der Waals surface area contributed by atoms with E-state index in [0.717, 1.165) is 31.2 Å². The Kier molecular flexibility index (Phi) is 11.7. The minimum Gasteiger partial charge on any atom is -0.445 e. The maximum absolute atomic E-state index is 13.6. The van der Waals surface area contributed by atoms with Crippen LogP contribution in [0.15, 0.2) is 36.9 Å². The van der Waals surface area contributed by atoms with Crippen molar-refractivity contribution in [2.24, 2.45) is 0 Å². The molecule has 0 aliphatic carbocycles. The lowest BCUT2D eigenvalue weighted by atomic mass is 10.0. The molecule has 2 aliphatic rings. The molecule has 1 aromatic carbocycles. The largest absolute Gasteiger partial charge is 0.445 e. The Morgan fingerprint density at radius 2 is 1.88 bits per heavy atom. The van der Waals surface area contributed by atoms with Crippen LogP contribution in [0.25, 0.3) is 0 Å². The fourth-order valence-electron chi connectivity index (χ4n) is 5.05. The number of urea groups is 1. The molecule has 0 spiro atoms. The highest BCUT2D eigenvalue weighted by Gasteiger charge is 2.50. The number of piperazine rings is 1. The van der Waals surface area contributed by atoms with Crippen molar-refractivity contribution in [3.05, 3.63) is 48.3 Å². The van der Waals surface area contributed by atoms with Crippen molar-refractivity contribution in [2.45, 2.75) is 64.2 Å². The van der Waals surface area contributed by atoms with Gasteiger partial charge in [0.2, 0.25) is 11.8 Å². The number of likely N-dealkylation sites (N-methyl/N-ethyl adjacent to an activating group) is 1. The van der Waals surface area contributed by atoms with E-state index in [4.69, 9.17) is 4.74 Å². The van der Waals surface area contributed by atoms with Gasteiger partial charge in [0.15, 0.2) is 0 Å². The smallest absolute Gasteiger partial charge is 0.407 e. The molecule has 2 fully saturated rings. The number of ether oxygens (including phenoxy) is 1. The van der Waals surface area contributed by atoms with Gasteiger partial charge in [-0.3, -0.25) is 9.59 Å². The number of unbranched alkanes of at least 4 members (excludes halogenated alkanes) is 3.